The summed E-state index contributed by atoms with van der Waals surface area (Å²) in [7, 11) is 0. The molecule has 6 heteroatoms. The van der Waals surface area contributed by atoms with Gasteiger partial charge in [0, 0.05) is 4.88 Å². The van der Waals surface area contributed by atoms with Gasteiger partial charge in [0.25, 0.3) is 5.91 Å². The molecule has 2 aromatic rings. The van der Waals surface area contributed by atoms with Crippen molar-refractivity contribution >= 4 is 28.8 Å². The maximum Gasteiger partial charge on any atom is 0.257 e. The van der Waals surface area contributed by atoms with E-state index in [2.05, 4.69) is 5.32 Å². The Morgan fingerprint density at radius 1 is 1.26 bits per heavy atom. The van der Waals surface area contributed by atoms with Gasteiger partial charge in [0.15, 0.2) is 0 Å². The highest BCUT2D eigenvalue weighted by Crippen LogP contribution is 2.27. The molecule has 2 nitrogen and oxygen atoms in total. The van der Waals surface area contributed by atoms with Crippen LogP contribution in [0.15, 0.2) is 30.3 Å². The van der Waals surface area contributed by atoms with E-state index < -0.39 is 23.1 Å². The fourth-order valence-electron chi connectivity index (χ4n) is 1.62. The molecule has 0 saturated heterocycles. The smallest absolute Gasteiger partial charge is 0.257 e. The standard InChI is InChI=1S/C13H10ClF2NOS/c1-7(10-5-6-11(14)19-10)17-13(18)12-8(15)3-2-4-9(12)16/h2-7H,1H3,(H,17,18)/t7-/m1/s1. The van der Waals surface area contributed by atoms with E-state index in [-0.39, 0.29) is 6.04 Å². The molecule has 1 amide bonds. The van der Waals surface area contributed by atoms with E-state index in [1.165, 1.54) is 17.4 Å². The summed E-state index contributed by atoms with van der Waals surface area (Å²) < 4.78 is 27.5. The maximum absolute atomic E-state index is 13.4. The largest absolute Gasteiger partial charge is 0.345 e. The van der Waals surface area contributed by atoms with Crippen LogP contribution in [0.1, 0.15) is 28.2 Å². The second kappa shape index (κ2) is 5.67. The Hall–Kier alpha value is -1.46. The normalized spacial score (nSPS) is 12.2. The molecule has 19 heavy (non-hydrogen) atoms. The van der Waals surface area contributed by atoms with Gasteiger partial charge >= 0.3 is 0 Å². The van der Waals surface area contributed by atoms with Gasteiger partial charge in [0.2, 0.25) is 0 Å². The summed E-state index contributed by atoms with van der Waals surface area (Å²) in [4.78, 5) is 12.7. The first-order valence-electron chi connectivity index (χ1n) is 5.49. The summed E-state index contributed by atoms with van der Waals surface area (Å²) in [5, 5.41) is 2.54. The zero-order valence-corrected chi connectivity index (χ0v) is 11.5. The number of benzene rings is 1. The molecule has 0 radical (unpaired) electrons. The van der Waals surface area contributed by atoms with Crippen LogP contribution in [-0.2, 0) is 0 Å². The van der Waals surface area contributed by atoms with Crippen LogP contribution in [-0.4, -0.2) is 5.91 Å². The van der Waals surface area contributed by atoms with Gasteiger partial charge < -0.3 is 5.32 Å². The highest BCUT2D eigenvalue weighted by atomic mass is 35.5. The Morgan fingerprint density at radius 2 is 1.89 bits per heavy atom. The van der Waals surface area contributed by atoms with E-state index in [0.29, 0.717) is 4.34 Å². The minimum atomic E-state index is -0.881. The molecular formula is C13H10ClF2NOS. The van der Waals surface area contributed by atoms with Crippen molar-refractivity contribution in [1.29, 1.82) is 0 Å². The van der Waals surface area contributed by atoms with E-state index in [1.807, 2.05) is 0 Å². The van der Waals surface area contributed by atoms with Crippen LogP contribution >= 0.6 is 22.9 Å². The molecule has 0 aliphatic rings. The Labute approximate surface area is 118 Å². The van der Waals surface area contributed by atoms with Crippen molar-refractivity contribution in [3.63, 3.8) is 0 Å². The number of carbonyl (C=O) groups excluding carboxylic acids is 1. The first-order valence-corrected chi connectivity index (χ1v) is 6.68. The van der Waals surface area contributed by atoms with Gasteiger partial charge in [0.05, 0.1) is 10.4 Å². The summed E-state index contributed by atoms with van der Waals surface area (Å²) in [6.45, 7) is 1.72. The van der Waals surface area contributed by atoms with Crippen molar-refractivity contribution in [2.24, 2.45) is 0 Å². The molecule has 0 aliphatic carbocycles. The number of carbonyl (C=O) groups is 1. The fraction of sp³-hybridized carbons (Fsp3) is 0.154. The molecule has 100 valence electrons. The number of nitrogens with one attached hydrogen (secondary N) is 1. The summed E-state index contributed by atoms with van der Waals surface area (Å²) in [6.07, 6.45) is 0. The minimum absolute atomic E-state index is 0.371. The molecule has 0 aliphatic heterocycles. The van der Waals surface area contributed by atoms with Crippen molar-refractivity contribution in [3.8, 4) is 0 Å². The molecule has 0 unspecified atom stereocenters. The van der Waals surface area contributed by atoms with Crippen LogP contribution in [0.25, 0.3) is 0 Å². The first-order chi connectivity index (χ1) is 8.99. The second-order valence-electron chi connectivity index (χ2n) is 3.93. The number of rotatable bonds is 3. The average molecular weight is 302 g/mol. The van der Waals surface area contributed by atoms with Crippen LogP contribution < -0.4 is 5.32 Å². The molecule has 0 bridgehead atoms. The number of amides is 1. The number of hydrogen-bond donors (Lipinski definition) is 1. The zero-order valence-electron chi connectivity index (χ0n) is 9.91. The third-order valence-electron chi connectivity index (χ3n) is 2.56. The topological polar surface area (TPSA) is 29.1 Å². The number of halogens is 3. The molecule has 1 aromatic heterocycles. The Morgan fingerprint density at radius 3 is 2.42 bits per heavy atom. The van der Waals surface area contributed by atoms with E-state index >= 15 is 0 Å². The minimum Gasteiger partial charge on any atom is -0.345 e. The van der Waals surface area contributed by atoms with Crippen molar-refractivity contribution in [2.45, 2.75) is 13.0 Å². The molecular weight excluding hydrogens is 292 g/mol. The summed E-state index contributed by atoms with van der Waals surface area (Å²) in [5.41, 5.74) is -0.572. The highest BCUT2D eigenvalue weighted by Gasteiger charge is 2.19. The van der Waals surface area contributed by atoms with Gasteiger partial charge in [-0.15, -0.1) is 11.3 Å². The molecule has 1 heterocycles. The van der Waals surface area contributed by atoms with Gasteiger partial charge in [0.1, 0.15) is 17.2 Å². The van der Waals surface area contributed by atoms with Gasteiger partial charge in [-0.25, -0.2) is 8.78 Å². The van der Waals surface area contributed by atoms with Crippen molar-refractivity contribution in [1.82, 2.24) is 5.32 Å². The predicted octanol–water partition coefficient (Wildman–Crippen LogP) is 4.17. The fourth-order valence-corrected chi connectivity index (χ4v) is 2.68. The average Bonchev–Trinajstić information content (AvgIpc) is 2.75. The highest BCUT2D eigenvalue weighted by molar-refractivity contribution is 7.16. The van der Waals surface area contributed by atoms with Crippen LogP contribution in [0.5, 0.6) is 0 Å². The lowest BCUT2D eigenvalue weighted by Gasteiger charge is -2.13. The van der Waals surface area contributed by atoms with Crippen LogP contribution in [0.4, 0.5) is 8.78 Å². The molecule has 0 fully saturated rings. The third kappa shape index (κ3) is 3.11. The molecule has 0 spiro atoms. The lowest BCUT2D eigenvalue weighted by Crippen LogP contribution is -2.27. The molecule has 0 saturated carbocycles. The van der Waals surface area contributed by atoms with Crippen molar-refractivity contribution in [2.75, 3.05) is 0 Å². The van der Waals surface area contributed by atoms with Gasteiger partial charge in [-0.3, -0.25) is 4.79 Å². The maximum atomic E-state index is 13.4. The zero-order chi connectivity index (χ0) is 14.0. The van der Waals surface area contributed by atoms with Crippen LogP contribution in [0, 0.1) is 11.6 Å². The van der Waals surface area contributed by atoms with Crippen LogP contribution in [0.2, 0.25) is 4.34 Å². The van der Waals surface area contributed by atoms with Gasteiger partial charge in [-0.2, -0.15) is 0 Å². The second-order valence-corrected chi connectivity index (χ2v) is 5.68. The first kappa shape index (κ1) is 14.0. The Bertz CT molecular complexity index is 594. The van der Waals surface area contributed by atoms with Gasteiger partial charge in [-0.05, 0) is 31.2 Å². The SMILES string of the molecule is C[C@@H](NC(=O)c1c(F)cccc1F)c1ccc(Cl)s1. The summed E-state index contributed by atoms with van der Waals surface area (Å²) in [6, 6.07) is 6.40. The van der Waals surface area contributed by atoms with Crippen molar-refractivity contribution in [3.05, 3.63) is 56.7 Å². The lowest BCUT2D eigenvalue weighted by atomic mass is 10.1. The van der Waals surface area contributed by atoms with E-state index in [1.54, 1.807) is 19.1 Å². The number of thiophene rings is 1. The summed E-state index contributed by atoms with van der Waals surface area (Å²) in [5.74, 6) is -2.55. The van der Waals surface area contributed by atoms with E-state index in [0.717, 1.165) is 17.0 Å². The Balaban J connectivity index is 2.17. The molecule has 1 N–H and O–H groups in total. The summed E-state index contributed by atoms with van der Waals surface area (Å²) >= 11 is 7.10. The molecule has 1 aromatic carbocycles. The van der Waals surface area contributed by atoms with Crippen LogP contribution in [0.3, 0.4) is 0 Å². The van der Waals surface area contributed by atoms with Gasteiger partial charge in [-0.1, -0.05) is 17.7 Å². The quantitative estimate of drug-likeness (QED) is 0.905. The molecule has 2 rings (SSSR count). The third-order valence-corrected chi connectivity index (χ3v) is 3.97. The lowest BCUT2D eigenvalue weighted by molar-refractivity contribution is 0.0932. The van der Waals surface area contributed by atoms with E-state index in [9.17, 15) is 13.6 Å². The number of hydrogen-bond acceptors (Lipinski definition) is 2. The monoisotopic (exact) mass is 301 g/mol. The predicted molar refractivity (Wildman–Crippen MR) is 71.6 cm³/mol. The molecule has 1 atom stereocenters. The van der Waals surface area contributed by atoms with E-state index in [4.69, 9.17) is 11.6 Å². The Kier molecular flexibility index (Phi) is 4.17. The van der Waals surface area contributed by atoms with Crippen molar-refractivity contribution < 1.29 is 13.6 Å².